The normalized spacial score (nSPS) is 11.2. The highest BCUT2D eigenvalue weighted by atomic mass is 35.5. The maximum Gasteiger partial charge on any atom is 0.281 e. The highest BCUT2D eigenvalue weighted by molar-refractivity contribution is 7.18. The molecule has 2 aromatic heterocycles. The first kappa shape index (κ1) is 14.0. The molecule has 0 N–H and O–H groups in total. The van der Waals surface area contributed by atoms with E-state index >= 15 is 0 Å². The van der Waals surface area contributed by atoms with Crippen molar-refractivity contribution < 1.29 is 4.79 Å². The third-order valence-electron chi connectivity index (χ3n) is 3.41. The molecule has 0 aliphatic rings. The summed E-state index contributed by atoms with van der Waals surface area (Å²) < 4.78 is 1.49. The highest BCUT2D eigenvalue weighted by Gasteiger charge is 2.17. The molecule has 0 saturated heterocycles. The summed E-state index contributed by atoms with van der Waals surface area (Å²) in [5, 5.41) is 5.50. The predicted molar refractivity (Wildman–Crippen MR) is 89.5 cm³/mol. The lowest BCUT2D eigenvalue weighted by atomic mass is 10.1. The fraction of sp³-hybridized carbons (Fsp3) is 0. The van der Waals surface area contributed by atoms with E-state index in [2.05, 4.69) is 10.1 Å². The van der Waals surface area contributed by atoms with Crippen molar-refractivity contribution in [3.63, 3.8) is 0 Å². The number of benzene rings is 2. The van der Waals surface area contributed by atoms with E-state index in [0.717, 1.165) is 11.3 Å². The van der Waals surface area contributed by atoms with E-state index in [9.17, 15) is 9.59 Å². The van der Waals surface area contributed by atoms with Crippen LogP contribution in [0.4, 0.5) is 0 Å². The van der Waals surface area contributed by atoms with Crippen LogP contribution in [0.5, 0.6) is 0 Å². The predicted octanol–water partition coefficient (Wildman–Crippen LogP) is 3.19. The quantitative estimate of drug-likeness (QED) is 0.525. The van der Waals surface area contributed by atoms with Gasteiger partial charge in [0.2, 0.25) is 10.7 Å². The number of hydrogen-bond donors (Lipinski definition) is 0. The molecule has 0 fully saturated rings. The van der Waals surface area contributed by atoms with Crippen LogP contribution in [0.3, 0.4) is 0 Å². The molecule has 0 aliphatic carbocycles. The Morgan fingerprint density at radius 1 is 1.13 bits per heavy atom. The van der Waals surface area contributed by atoms with E-state index in [4.69, 9.17) is 11.6 Å². The summed E-state index contributed by atoms with van der Waals surface area (Å²) in [6.45, 7) is 0. The molecular formula is C16H8ClN3O2S. The summed E-state index contributed by atoms with van der Waals surface area (Å²) in [5.74, 6) is -0.205. The summed E-state index contributed by atoms with van der Waals surface area (Å²) in [6.07, 6.45) is 0. The van der Waals surface area contributed by atoms with Crippen molar-refractivity contribution in [1.29, 1.82) is 0 Å². The molecule has 7 heteroatoms. The molecule has 0 unspecified atom stereocenters. The Morgan fingerprint density at radius 3 is 2.70 bits per heavy atom. The van der Waals surface area contributed by atoms with Crippen LogP contribution in [-0.4, -0.2) is 20.4 Å². The number of aromatic nitrogens is 3. The number of fused-ring (bicyclic) bond motifs is 3. The molecule has 112 valence electrons. The molecule has 0 saturated carbocycles. The number of carbonyl (C=O) groups excluding carboxylic acids is 1. The molecule has 0 atom stereocenters. The van der Waals surface area contributed by atoms with E-state index < -0.39 is 0 Å². The topological polar surface area (TPSA) is 64.3 Å². The summed E-state index contributed by atoms with van der Waals surface area (Å²) in [7, 11) is 0. The second-order valence-electron chi connectivity index (χ2n) is 4.88. The van der Waals surface area contributed by atoms with Gasteiger partial charge in [-0.1, -0.05) is 53.3 Å². The minimum absolute atomic E-state index is 0.205. The lowest BCUT2D eigenvalue weighted by Gasteiger charge is -1.99. The van der Waals surface area contributed by atoms with Crippen LogP contribution in [0.25, 0.3) is 15.9 Å². The van der Waals surface area contributed by atoms with Gasteiger partial charge in [-0.15, -0.1) is 0 Å². The van der Waals surface area contributed by atoms with Gasteiger partial charge in [-0.05, 0) is 18.2 Å². The average molecular weight is 342 g/mol. The molecule has 0 amide bonds. The molecule has 4 aromatic rings. The SMILES string of the molecule is O=C(c1ccccc1)c1nn2c(nc(=O)c3ccc(Cl)cc32)s1. The number of halogens is 1. The zero-order valence-electron chi connectivity index (χ0n) is 11.6. The number of ketones is 1. The molecule has 0 radical (unpaired) electrons. The average Bonchev–Trinajstić information content (AvgIpc) is 2.99. The fourth-order valence-corrected chi connectivity index (χ4v) is 3.35. The number of nitrogens with zero attached hydrogens (tertiary/aromatic N) is 3. The van der Waals surface area contributed by atoms with Crippen LogP contribution >= 0.6 is 22.9 Å². The minimum Gasteiger partial charge on any atom is -0.286 e. The number of rotatable bonds is 2. The molecule has 4 rings (SSSR count). The van der Waals surface area contributed by atoms with Gasteiger partial charge in [0.1, 0.15) is 0 Å². The Kier molecular flexibility index (Phi) is 3.21. The Hall–Kier alpha value is -2.57. The van der Waals surface area contributed by atoms with Gasteiger partial charge in [-0.25, -0.2) is 4.52 Å². The van der Waals surface area contributed by atoms with Crippen LogP contribution in [0.15, 0.2) is 53.3 Å². The van der Waals surface area contributed by atoms with Gasteiger partial charge in [0.05, 0.1) is 10.9 Å². The Morgan fingerprint density at radius 2 is 1.91 bits per heavy atom. The van der Waals surface area contributed by atoms with Gasteiger partial charge >= 0.3 is 0 Å². The van der Waals surface area contributed by atoms with Crippen molar-refractivity contribution in [2.24, 2.45) is 0 Å². The molecule has 0 spiro atoms. The second kappa shape index (κ2) is 5.26. The Bertz CT molecular complexity index is 1120. The lowest BCUT2D eigenvalue weighted by molar-refractivity contribution is 0.103. The summed E-state index contributed by atoms with van der Waals surface area (Å²) in [5.41, 5.74) is 0.715. The summed E-state index contributed by atoms with van der Waals surface area (Å²) in [6, 6.07) is 13.7. The lowest BCUT2D eigenvalue weighted by Crippen LogP contribution is -2.09. The smallest absolute Gasteiger partial charge is 0.281 e. The van der Waals surface area contributed by atoms with Crippen molar-refractivity contribution in [1.82, 2.24) is 14.6 Å². The first-order chi connectivity index (χ1) is 11.1. The number of carbonyl (C=O) groups is 1. The van der Waals surface area contributed by atoms with E-state index in [1.165, 1.54) is 4.52 Å². The third kappa shape index (κ3) is 2.32. The molecule has 0 aliphatic heterocycles. The van der Waals surface area contributed by atoms with Crippen LogP contribution in [-0.2, 0) is 0 Å². The van der Waals surface area contributed by atoms with Gasteiger partial charge in [-0.2, -0.15) is 10.1 Å². The van der Waals surface area contributed by atoms with Crippen LogP contribution in [0.2, 0.25) is 5.02 Å². The second-order valence-corrected chi connectivity index (χ2v) is 6.27. The van der Waals surface area contributed by atoms with Crippen molar-refractivity contribution in [3.05, 3.63) is 74.5 Å². The van der Waals surface area contributed by atoms with Crippen molar-refractivity contribution in [2.75, 3.05) is 0 Å². The van der Waals surface area contributed by atoms with Gasteiger partial charge in [-0.3, -0.25) is 9.59 Å². The van der Waals surface area contributed by atoms with Crippen molar-refractivity contribution in [3.8, 4) is 0 Å². The first-order valence-corrected chi connectivity index (χ1v) is 7.92. The fourth-order valence-electron chi connectivity index (χ4n) is 2.32. The Balaban J connectivity index is 1.98. The van der Waals surface area contributed by atoms with E-state index in [1.54, 1.807) is 42.5 Å². The standard InChI is InChI=1S/C16H8ClN3O2S/c17-10-6-7-11-12(8-10)20-16(18-14(11)22)23-15(19-20)13(21)9-4-2-1-3-5-9/h1-8H. The van der Waals surface area contributed by atoms with Crippen molar-refractivity contribution >= 4 is 44.6 Å². The van der Waals surface area contributed by atoms with Crippen LogP contribution in [0.1, 0.15) is 15.4 Å². The van der Waals surface area contributed by atoms with E-state index in [1.807, 2.05) is 6.07 Å². The highest BCUT2D eigenvalue weighted by Crippen LogP contribution is 2.21. The van der Waals surface area contributed by atoms with Crippen molar-refractivity contribution in [2.45, 2.75) is 0 Å². The van der Waals surface area contributed by atoms with Gasteiger partial charge in [0.15, 0.2) is 5.01 Å². The summed E-state index contributed by atoms with van der Waals surface area (Å²) in [4.78, 5) is 28.9. The van der Waals surface area contributed by atoms with Gasteiger partial charge < -0.3 is 0 Å². The number of hydrogen-bond acceptors (Lipinski definition) is 5. The molecule has 2 aromatic carbocycles. The Labute approximate surface area is 138 Å². The first-order valence-electron chi connectivity index (χ1n) is 6.72. The van der Waals surface area contributed by atoms with Crippen LogP contribution < -0.4 is 5.56 Å². The van der Waals surface area contributed by atoms with Crippen LogP contribution in [0, 0.1) is 0 Å². The largest absolute Gasteiger partial charge is 0.286 e. The monoisotopic (exact) mass is 341 g/mol. The molecule has 0 bridgehead atoms. The third-order valence-corrected chi connectivity index (χ3v) is 4.55. The molecular weight excluding hydrogens is 334 g/mol. The zero-order valence-corrected chi connectivity index (χ0v) is 13.1. The van der Waals surface area contributed by atoms with E-state index in [-0.39, 0.29) is 16.4 Å². The maximum absolute atomic E-state index is 12.5. The van der Waals surface area contributed by atoms with E-state index in [0.29, 0.717) is 26.4 Å². The minimum atomic E-state index is -0.362. The zero-order chi connectivity index (χ0) is 16.0. The molecule has 5 nitrogen and oxygen atoms in total. The van der Waals surface area contributed by atoms with Gasteiger partial charge in [0, 0.05) is 10.6 Å². The van der Waals surface area contributed by atoms with Gasteiger partial charge in [0.25, 0.3) is 5.56 Å². The maximum atomic E-state index is 12.5. The molecule has 23 heavy (non-hydrogen) atoms. The molecule has 2 heterocycles. The summed E-state index contributed by atoms with van der Waals surface area (Å²) >= 11 is 7.09.